The summed E-state index contributed by atoms with van der Waals surface area (Å²) in [6.07, 6.45) is 3.38. The monoisotopic (exact) mass is 354 g/mol. The van der Waals surface area contributed by atoms with Crippen molar-refractivity contribution in [2.75, 3.05) is 0 Å². The smallest absolute Gasteiger partial charge is 0.201 e. The highest BCUT2D eigenvalue weighted by Gasteiger charge is 2.19. The molecule has 0 aliphatic heterocycles. The molecule has 0 saturated carbocycles. The van der Waals surface area contributed by atoms with Crippen molar-refractivity contribution >= 4 is 21.5 Å². The third-order valence-electron chi connectivity index (χ3n) is 5.32. The average molecular weight is 355 g/mol. The van der Waals surface area contributed by atoms with E-state index in [1.807, 2.05) is 0 Å². The van der Waals surface area contributed by atoms with Crippen LogP contribution in [0.15, 0.2) is 66.9 Å². The highest BCUT2D eigenvalue weighted by atomic mass is 14.9. The van der Waals surface area contributed by atoms with Crippen LogP contribution in [0.2, 0.25) is 0 Å². The van der Waals surface area contributed by atoms with Gasteiger partial charge in [0.1, 0.15) is 7.05 Å². The Morgan fingerprint density at radius 2 is 1.52 bits per heavy atom. The highest BCUT2D eigenvalue weighted by Crippen LogP contribution is 2.34. The number of fused-ring (bicyclic) bond motifs is 3. The number of aromatic nitrogens is 1. The molecule has 0 unspecified atom stereocenters. The fraction of sp³-hybridized carbons (Fsp3) is 0.269. The molecule has 0 atom stereocenters. The van der Waals surface area contributed by atoms with Crippen LogP contribution in [0.1, 0.15) is 31.9 Å². The van der Waals surface area contributed by atoms with Gasteiger partial charge in [0, 0.05) is 11.6 Å². The number of pyridine rings is 1. The van der Waals surface area contributed by atoms with Crippen molar-refractivity contribution in [2.24, 2.45) is 12.5 Å². The summed E-state index contributed by atoms with van der Waals surface area (Å²) in [6.45, 7) is 9.09. The fourth-order valence-electron chi connectivity index (χ4n) is 4.18. The molecule has 1 aromatic heterocycles. The van der Waals surface area contributed by atoms with Crippen molar-refractivity contribution in [2.45, 2.75) is 34.1 Å². The summed E-state index contributed by atoms with van der Waals surface area (Å²) < 4.78 is 2.29. The molecule has 1 nitrogen and oxygen atoms in total. The van der Waals surface area contributed by atoms with Gasteiger partial charge in [0.15, 0.2) is 6.20 Å². The summed E-state index contributed by atoms with van der Waals surface area (Å²) in [5, 5.41) is 5.27. The van der Waals surface area contributed by atoms with E-state index in [9.17, 15) is 0 Å². The maximum atomic E-state index is 2.29. The first-order valence-corrected chi connectivity index (χ1v) is 9.73. The second kappa shape index (κ2) is 6.49. The summed E-state index contributed by atoms with van der Waals surface area (Å²) in [6, 6.07) is 22.3. The zero-order chi connectivity index (χ0) is 19.2. The Balaban J connectivity index is 1.93. The first-order valence-electron chi connectivity index (χ1n) is 9.73. The zero-order valence-corrected chi connectivity index (χ0v) is 17.0. The van der Waals surface area contributed by atoms with E-state index in [0.717, 1.165) is 6.42 Å². The van der Waals surface area contributed by atoms with Crippen LogP contribution in [0.25, 0.3) is 32.8 Å². The molecular weight excluding hydrogens is 326 g/mol. The molecule has 1 heterocycles. The Morgan fingerprint density at radius 1 is 0.778 bits per heavy atom. The number of hydrogen-bond donors (Lipinski definition) is 0. The molecule has 27 heavy (non-hydrogen) atoms. The number of rotatable bonds is 2. The predicted molar refractivity (Wildman–Crippen MR) is 116 cm³/mol. The summed E-state index contributed by atoms with van der Waals surface area (Å²) >= 11 is 0. The van der Waals surface area contributed by atoms with Crippen molar-refractivity contribution in [3.8, 4) is 11.3 Å². The third kappa shape index (κ3) is 3.35. The molecule has 0 saturated heterocycles. The van der Waals surface area contributed by atoms with Crippen molar-refractivity contribution in [1.82, 2.24) is 0 Å². The van der Waals surface area contributed by atoms with Gasteiger partial charge in [-0.25, -0.2) is 4.57 Å². The molecule has 136 valence electrons. The first-order chi connectivity index (χ1) is 12.8. The van der Waals surface area contributed by atoms with E-state index in [4.69, 9.17) is 0 Å². The van der Waals surface area contributed by atoms with E-state index in [1.54, 1.807) is 0 Å². The summed E-state index contributed by atoms with van der Waals surface area (Å²) in [7, 11) is 2.17. The van der Waals surface area contributed by atoms with Gasteiger partial charge >= 0.3 is 0 Å². The van der Waals surface area contributed by atoms with E-state index >= 15 is 0 Å². The SMILES string of the molecule is Cc1ccc2c(ccc3ccccc32)c1-c1ccc(CC(C)(C)C)c[n+]1C. The van der Waals surface area contributed by atoms with Gasteiger partial charge in [-0.2, -0.15) is 0 Å². The Hall–Kier alpha value is -2.67. The highest BCUT2D eigenvalue weighted by molar-refractivity contribution is 6.12. The van der Waals surface area contributed by atoms with Crippen LogP contribution < -0.4 is 4.57 Å². The summed E-state index contributed by atoms with van der Waals surface area (Å²) in [4.78, 5) is 0. The zero-order valence-electron chi connectivity index (χ0n) is 17.0. The molecule has 0 aliphatic carbocycles. The number of nitrogens with zero attached hydrogens (tertiary/aromatic N) is 1. The molecule has 4 rings (SSSR count). The lowest BCUT2D eigenvalue weighted by Gasteiger charge is -2.17. The molecule has 0 radical (unpaired) electrons. The molecule has 0 N–H and O–H groups in total. The van der Waals surface area contributed by atoms with Gasteiger partial charge in [-0.3, -0.25) is 0 Å². The van der Waals surface area contributed by atoms with E-state index in [2.05, 4.69) is 106 Å². The largest absolute Gasteiger partial charge is 0.213 e. The molecule has 0 fully saturated rings. The molecule has 0 aliphatic rings. The maximum absolute atomic E-state index is 2.29. The van der Waals surface area contributed by atoms with Crippen LogP contribution in [-0.2, 0) is 13.5 Å². The van der Waals surface area contributed by atoms with E-state index in [1.165, 1.54) is 43.9 Å². The quantitative estimate of drug-likeness (QED) is 0.290. The number of aryl methyl sites for hydroxylation is 2. The molecule has 4 aromatic rings. The molecule has 1 heteroatoms. The topological polar surface area (TPSA) is 3.88 Å². The minimum absolute atomic E-state index is 0.294. The van der Waals surface area contributed by atoms with Crippen molar-refractivity contribution in [3.05, 3.63) is 78.0 Å². The van der Waals surface area contributed by atoms with Crippen LogP contribution in [0.5, 0.6) is 0 Å². The second-order valence-electron chi connectivity index (χ2n) is 8.91. The maximum Gasteiger partial charge on any atom is 0.213 e. The molecular formula is C26H28N+. The van der Waals surface area contributed by atoms with Crippen LogP contribution in [-0.4, -0.2) is 0 Å². The van der Waals surface area contributed by atoms with Gasteiger partial charge in [-0.15, -0.1) is 0 Å². The molecule has 3 aromatic carbocycles. The summed E-state index contributed by atoms with van der Waals surface area (Å²) in [5.74, 6) is 0. The third-order valence-corrected chi connectivity index (χ3v) is 5.32. The van der Waals surface area contributed by atoms with E-state index in [-0.39, 0.29) is 0 Å². The lowest BCUT2D eigenvalue weighted by Crippen LogP contribution is -2.32. The number of benzene rings is 3. The van der Waals surface area contributed by atoms with Crippen molar-refractivity contribution < 1.29 is 4.57 Å². The van der Waals surface area contributed by atoms with Gasteiger partial charge in [-0.1, -0.05) is 69.3 Å². The Morgan fingerprint density at radius 3 is 2.26 bits per heavy atom. The van der Waals surface area contributed by atoms with Crippen molar-refractivity contribution in [3.63, 3.8) is 0 Å². The minimum atomic E-state index is 0.294. The van der Waals surface area contributed by atoms with Crippen LogP contribution in [0.4, 0.5) is 0 Å². The Bertz CT molecular complexity index is 1150. The Kier molecular flexibility index (Phi) is 4.26. The number of hydrogen-bond acceptors (Lipinski definition) is 0. The molecule has 0 bridgehead atoms. The van der Waals surface area contributed by atoms with Gasteiger partial charge in [0.25, 0.3) is 0 Å². The first kappa shape index (κ1) is 17.7. The average Bonchev–Trinajstić information content (AvgIpc) is 2.61. The predicted octanol–water partition coefficient (Wildman–Crippen LogP) is 6.38. The van der Waals surface area contributed by atoms with Crippen molar-refractivity contribution in [1.29, 1.82) is 0 Å². The van der Waals surface area contributed by atoms with Crippen LogP contribution in [0.3, 0.4) is 0 Å². The van der Waals surface area contributed by atoms with Gasteiger partial charge in [0.05, 0.1) is 5.56 Å². The van der Waals surface area contributed by atoms with E-state index in [0.29, 0.717) is 5.41 Å². The summed E-state index contributed by atoms with van der Waals surface area (Å²) in [5.41, 5.74) is 5.60. The fourth-order valence-corrected chi connectivity index (χ4v) is 4.18. The van der Waals surface area contributed by atoms with E-state index < -0.39 is 0 Å². The lowest BCUT2D eigenvalue weighted by molar-refractivity contribution is -0.660. The lowest BCUT2D eigenvalue weighted by atomic mass is 9.88. The van der Waals surface area contributed by atoms with Gasteiger partial charge in [0.2, 0.25) is 5.69 Å². The van der Waals surface area contributed by atoms with Gasteiger partial charge in [-0.05, 0) is 51.9 Å². The van der Waals surface area contributed by atoms with Gasteiger partial charge < -0.3 is 0 Å². The standard InChI is InChI=1S/C26H28N/c1-18-10-13-22-21-9-7-6-8-20(21)12-14-23(22)25(18)24-15-11-19(17-27(24)5)16-26(2,3)4/h6-15,17H,16H2,1-5H3/q+1. The molecule has 0 amide bonds. The second-order valence-corrected chi connectivity index (χ2v) is 8.91. The van der Waals surface area contributed by atoms with Crippen LogP contribution in [0, 0.1) is 12.3 Å². The van der Waals surface area contributed by atoms with Crippen LogP contribution >= 0.6 is 0 Å². The Labute approximate surface area is 162 Å². The normalized spacial score (nSPS) is 12.0. The minimum Gasteiger partial charge on any atom is -0.201 e. The molecule has 0 spiro atoms.